The maximum absolute atomic E-state index is 11.0. The predicted octanol–water partition coefficient (Wildman–Crippen LogP) is 2.26. The number of ketones is 1. The molecule has 0 aliphatic rings. The molecule has 86 valence electrons. The molecule has 0 spiro atoms. The Hall–Kier alpha value is -1.91. The van der Waals surface area contributed by atoms with E-state index < -0.39 is 4.92 Å². The first-order valence-corrected chi connectivity index (χ1v) is 4.94. The number of benzene rings is 1. The van der Waals surface area contributed by atoms with Crippen molar-refractivity contribution < 1.29 is 14.5 Å². The number of hydrogen-bond donors (Lipinski definition) is 0. The Morgan fingerprint density at radius 1 is 1.50 bits per heavy atom. The summed E-state index contributed by atoms with van der Waals surface area (Å²) in [6.07, 6.45) is 0.423. The molecule has 0 radical (unpaired) electrons. The van der Waals surface area contributed by atoms with Crippen molar-refractivity contribution in [3.05, 3.63) is 33.9 Å². The van der Waals surface area contributed by atoms with Gasteiger partial charge in [-0.25, -0.2) is 0 Å². The van der Waals surface area contributed by atoms with E-state index in [4.69, 9.17) is 4.74 Å². The van der Waals surface area contributed by atoms with Crippen LogP contribution in [0.5, 0.6) is 5.75 Å². The van der Waals surface area contributed by atoms with Gasteiger partial charge in [0.2, 0.25) is 0 Å². The lowest BCUT2D eigenvalue weighted by Crippen LogP contribution is -2.10. The van der Waals surface area contributed by atoms with Crippen LogP contribution in [0.15, 0.2) is 18.2 Å². The molecular weight excluding hydrogens is 210 g/mol. The lowest BCUT2D eigenvalue weighted by Gasteiger charge is -2.07. The first-order valence-electron chi connectivity index (χ1n) is 4.94. The number of ether oxygens (including phenoxy) is 1. The van der Waals surface area contributed by atoms with Crippen LogP contribution in [0.1, 0.15) is 18.9 Å². The summed E-state index contributed by atoms with van der Waals surface area (Å²) in [6.45, 7) is 3.47. The van der Waals surface area contributed by atoms with Gasteiger partial charge in [-0.05, 0) is 18.6 Å². The Balaban J connectivity index is 2.75. The molecule has 0 heterocycles. The zero-order chi connectivity index (χ0) is 12.1. The summed E-state index contributed by atoms with van der Waals surface area (Å²) < 4.78 is 5.25. The number of rotatable bonds is 5. The maximum atomic E-state index is 11.0. The Kier molecular flexibility index (Phi) is 3.99. The number of carbonyl (C=O) groups is 1. The number of Topliss-reactive ketones (excluding diaryl/α,β-unsaturated/α-hetero) is 1. The smallest absolute Gasteiger partial charge is 0.269 e. The maximum Gasteiger partial charge on any atom is 0.269 e. The minimum absolute atomic E-state index is 0.00208. The van der Waals surface area contributed by atoms with E-state index in [-0.39, 0.29) is 18.1 Å². The lowest BCUT2D eigenvalue weighted by atomic mass is 10.2. The number of aryl methyl sites for hydroxylation is 1. The van der Waals surface area contributed by atoms with Crippen molar-refractivity contribution in [1.29, 1.82) is 0 Å². The minimum atomic E-state index is -0.464. The molecule has 1 aromatic carbocycles. The van der Waals surface area contributed by atoms with Gasteiger partial charge < -0.3 is 4.74 Å². The first kappa shape index (κ1) is 12.2. The van der Waals surface area contributed by atoms with E-state index in [9.17, 15) is 14.9 Å². The summed E-state index contributed by atoms with van der Waals surface area (Å²) in [6, 6.07) is 4.29. The van der Waals surface area contributed by atoms with Gasteiger partial charge in [0.1, 0.15) is 12.4 Å². The zero-order valence-electron chi connectivity index (χ0n) is 9.23. The summed E-state index contributed by atoms with van der Waals surface area (Å²) in [5.41, 5.74) is 0.671. The largest absolute Gasteiger partial charge is 0.486 e. The third kappa shape index (κ3) is 3.05. The zero-order valence-corrected chi connectivity index (χ0v) is 9.23. The highest BCUT2D eigenvalue weighted by Gasteiger charge is 2.09. The first-order chi connectivity index (χ1) is 7.54. The van der Waals surface area contributed by atoms with Gasteiger partial charge in [0.25, 0.3) is 5.69 Å². The van der Waals surface area contributed by atoms with Crippen LogP contribution < -0.4 is 4.74 Å². The molecule has 0 saturated carbocycles. The van der Waals surface area contributed by atoms with Gasteiger partial charge >= 0.3 is 0 Å². The van der Waals surface area contributed by atoms with E-state index in [0.29, 0.717) is 17.7 Å². The van der Waals surface area contributed by atoms with Crippen LogP contribution >= 0.6 is 0 Å². The van der Waals surface area contributed by atoms with E-state index in [1.165, 1.54) is 18.2 Å². The van der Waals surface area contributed by atoms with Crippen molar-refractivity contribution in [1.82, 2.24) is 0 Å². The number of nitro benzene ring substituents is 1. The van der Waals surface area contributed by atoms with Crippen LogP contribution in [0.25, 0.3) is 0 Å². The van der Waals surface area contributed by atoms with Crippen molar-refractivity contribution in [2.24, 2.45) is 0 Å². The quantitative estimate of drug-likeness (QED) is 0.567. The average Bonchev–Trinajstić information content (AvgIpc) is 2.26. The normalized spacial score (nSPS) is 9.88. The van der Waals surface area contributed by atoms with Crippen molar-refractivity contribution in [2.75, 3.05) is 6.61 Å². The van der Waals surface area contributed by atoms with Gasteiger partial charge in [-0.3, -0.25) is 14.9 Å². The van der Waals surface area contributed by atoms with E-state index in [1.807, 2.05) is 0 Å². The fourth-order valence-corrected chi connectivity index (χ4v) is 1.17. The van der Waals surface area contributed by atoms with Crippen molar-refractivity contribution in [3.63, 3.8) is 0 Å². The highest BCUT2D eigenvalue weighted by molar-refractivity contribution is 5.79. The molecule has 0 aromatic heterocycles. The highest BCUT2D eigenvalue weighted by Crippen LogP contribution is 2.23. The molecule has 0 amide bonds. The van der Waals surface area contributed by atoms with Crippen LogP contribution in [0.4, 0.5) is 5.69 Å². The second kappa shape index (κ2) is 5.25. The molecule has 0 N–H and O–H groups in total. The van der Waals surface area contributed by atoms with E-state index >= 15 is 0 Å². The summed E-state index contributed by atoms with van der Waals surface area (Å²) in [5, 5.41) is 10.5. The standard InChI is InChI=1S/C11H13NO4/c1-3-10(13)7-16-11-5-4-9(12(14)15)6-8(11)2/h4-6H,3,7H2,1-2H3. The fourth-order valence-electron chi connectivity index (χ4n) is 1.17. The van der Waals surface area contributed by atoms with Crippen molar-refractivity contribution >= 4 is 11.5 Å². The molecule has 0 fully saturated rings. The molecule has 0 saturated heterocycles. The molecule has 1 aromatic rings. The molecule has 0 unspecified atom stereocenters. The number of nitrogens with zero attached hydrogens (tertiary/aromatic N) is 1. The predicted molar refractivity (Wildman–Crippen MR) is 58.6 cm³/mol. The Labute approximate surface area is 93.2 Å². The van der Waals surface area contributed by atoms with Crippen LogP contribution in [0.3, 0.4) is 0 Å². The molecule has 0 aliphatic carbocycles. The Morgan fingerprint density at radius 3 is 2.69 bits per heavy atom. The summed E-state index contributed by atoms with van der Waals surface area (Å²) >= 11 is 0. The van der Waals surface area contributed by atoms with Crippen LogP contribution in [-0.4, -0.2) is 17.3 Å². The molecule has 0 bridgehead atoms. The molecule has 5 nitrogen and oxygen atoms in total. The minimum Gasteiger partial charge on any atom is -0.486 e. The van der Waals surface area contributed by atoms with E-state index in [0.717, 1.165) is 0 Å². The Morgan fingerprint density at radius 2 is 2.19 bits per heavy atom. The molecule has 0 atom stereocenters. The Bertz CT molecular complexity index is 414. The summed E-state index contributed by atoms with van der Waals surface area (Å²) in [4.78, 5) is 21.1. The van der Waals surface area contributed by atoms with Gasteiger partial charge in [-0.1, -0.05) is 6.92 Å². The third-order valence-electron chi connectivity index (χ3n) is 2.15. The second-order valence-corrected chi connectivity index (χ2v) is 3.39. The SMILES string of the molecule is CCC(=O)COc1ccc([N+](=O)[O-])cc1C. The fraction of sp³-hybridized carbons (Fsp3) is 0.364. The van der Waals surface area contributed by atoms with Gasteiger partial charge in [0, 0.05) is 18.6 Å². The summed E-state index contributed by atoms with van der Waals surface area (Å²) in [5.74, 6) is 0.505. The van der Waals surface area contributed by atoms with Gasteiger partial charge in [0.05, 0.1) is 4.92 Å². The molecular formula is C11H13NO4. The van der Waals surface area contributed by atoms with Crippen LogP contribution in [0.2, 0.25) is 0 Å². The van der Waals surface area contributed by atoms with Crippen LogP contribution in [0, 0.1) is 17.0 Å². The van der Waals surface area contributed by atoms with Gasteiger partial charge in [-0.2, -0.15) is 0 Å². The van der Waals surface area contributed by atoms with E-state index in [1.54, 1.807) is 13.8 Å². The third-order valence-corrected chi connectivity index (χ3v) is 2.15. The highest BCUT2D eigenvalue weighted by atomic mass is 16.6. The number of carbonyl (C=O) groups excluding carboxylic acids is 1. The van der Waals surface area contributed by atoms with Crippen molar-refractivity contribution in [2.45, 2.75) is 20.3 Å². The monoisotopic (exact) mass is 223 g/mol. The molecule has 16 heavy (non-hydrogen) atoms. The molecule has 0 aliphatic heterocycles. The topological polar surface area (TPSA) is 69.4 Å². The number of hydrogen-bond acceptors (Lipinski definition) is 4. The van der Waals surface area contributed by atoms with Gasteiger partial charge in [-0.15, -0.1) is 0 Å². The van der Waals surface area contributed by atoms with Crippen molar-refractivity contribution in [3.8, 4) is 5.75 Å². The number of non-ortho nitro benzene ring substituents is 1. The van der Waals surface area contributed by atoms with E-state index in [2.05, 4.69) is 0 Å². The number of nitro groups is 1. The summed E-state index contributed by atoms with van der Waals surface area (Å²) in [7, 11) is 0. The lowest BCUT2D eigenvalue weighted by molar-refractivity contribution is -0.384. The molecule has 5 heteroatoms. The molecule has 1 rings (SSSR count). The van der Waals surface area contributed by atoms with Crippen LogP contribution in [-0.2, 0) is 4.79 Å². The average molecular weight is 223 g/mol. The van der Waals surface area contributed by atoms with Gasteiger partial charge in [0.15, 0.2) is 5.78 Å². The second-order valence-electron chi connectivity index (χ2n) is 3.39.